The highest BCUT2D eigenvalue weighted by molar-refractivity contribution is 5.91. The van der Waals surface area contributed by atoms with Crippen molar-refractivity contribution >= 4 is 17.3 Å². The Balaban J connectivity index is 2.06. The molecule has 0 aromatic heterocycles. The molecule has 1 nitrogen and oxygen atoms in total. The van der Waals surface area contributed by atoms with Crippen molar-refractivity contribution in [3.8, 4) is 0 Å². The molecule has 3 aromatic carbocycles. The molecule has 0 atom stereocenters. The Morgan fingerprint density at radius 2 is 1.08 bits per heavy atom. The number of rotatable bonds is 4. The van der Waals surface area contributed by atoms with Gasteiger partial charge in [-0.15, -0.1) is 0 Å². The van der Waals surface area contributed by atoms with E-state index in [4.69, 9.17) is 0 Å². The van der Waals surface area contributed by atoms with Gasteiger partial charge in [0.05, 0.1) is 0 Å². The van der Waals surface area contributed by atoms with E-state index in [1.54, 1.807) is 0 Å². The highest BCUT2D eigenvalue weighted by Crippen LogP contribution is 2.27. The zero-order valence-electron chi connectivity index (χ0n) is 15.5. The van der Waals surface area contributed by atoms with Gasteiger partial charge in [-0.1, -0.05) is 71.8 Å². The van der Waals surface area contributed by atoms with Crippen LogP contribution in [0, 0.1) is 13.8 Å². The fourth-order valence-electron chi connectivity index (χ4n) is 2.83. The first kappa shape index (κ1) is 17.0. The fourth-order valence-corrected chi connectivity index (χ4v) is 2.83. The normalized spacial score (nSPS) is 10.4. The molecule has 0 N–H and O–H groups in total. The molecule has 0 saturated heterocycles. The standard InChI is InChI=1S/C24H25N/c1-18-5-11-21(12-6-18)24(22-13-7-19(2)8-14-22)17-20-9-15-23(16-10-20)25(3)4/h5-17H,1-4H3. The smallest absolute Gasteiger partial charge is 0.0361 e. The summed E-state index contributed by atoms with van der Waals surface area (Å²) in [5.74, 6) is 0. The lowest BCUT2D eigenvalue weighted by Crippen LogP contribution is -2.07. The van der Waals surface area contributed by atoms with Crippen LogP contribution in [-0.4, -0.2) is 14.1 Å². The molecular weight excluding hydrogens is 302 g/mol. The molecule has 0 fully saturated rings. The Morgan fingerprint density at radius 3 is 1.48 bits per heavy atom. The van der Waals surface area contributed by atoms with Gasteiger partial charge in [0.1, 0.15) is 0 Å². The van der Waals surface area contributed by atoms with Gasteiger partial charge in [-0.3, -0.25) is 0 Å². The molecule has 0 heterocycles. The summed E-state index contributed by atoms with van der Waals surface area (Å²) >= 11 is 0. The van der Waals surface area contributed by atoms with Crippen molar-refractivity contribution in [1.29, 1.82) is 0 Å². The van der Waals surface area contributed by atoms with Crippen LogP contribution in [-0.2, 0) is 0 Å². The van der Waals surface area contributed by atoms with Crippen LogP contribution in [0.3, 0.4) is 0 Å². The summed E-state index contributed by atoms with van der Waals surface area (Å²) in [6.45, 7) is 4.25. The molecule has 1 heteroatoms. The molecule has 126 valence electrons. The Kier molecular flexibility index (Phi) is 5.04. The molecule has 0 aliphatic carbocycles. The quantitative estimate of drug-likeness (QED) is 0.535. The van der Waals surface area contributed by atoms with E-state index in [0.717, 1.165) is 0 Å². The van der Waals surface area contributed by atoms with Crippen molar-refractivity contribution in [2.45, 2.75) is 13.8 Å². The maximum Gasteiger partial charge on any atom is 0.0361 e. The topological polar surface area (TPSA) is 3.24 Å². The molecule has 25 heavy (non-hydrogen) atoms. The molecule has 0 bridgehead atoms. The third-order valence-corrected chi connectivity index (χ3v) is 4.45. The predicted octanol–water partition coefficient (Wildman–Crippen LogP) is 5.96. The molecule has 0 saturated carbocycles. The van der Waals surface area contributed by atoms with Gasteiger partial charge in [0, 0.05) is 19.8 Å². The van der Waals surface area contributed by atoms with Crippen LogP contribution in [0.5, 0.6) is 0 Å². The maximum absolute atomic E-state index is 2.27. The first-order valence-electron chi connectivity index (χ1n) is 8.66. The molecule has 0 radical (unpaired) electrons. The molecule has 3 aromatic rings. The van der Waals surface area contributed by atoms with Crippen molar-refractivity contribution in [2.75, 3.05) is 19.0 Å². The molecule has 0 unspecified atom stereocenters. The second-order valence-electron chi connectivity index (χ2n) is 6.78. The van der Waals surface area contributed by atoms with Gasteiger partial charge in [-0.2, -0.15) is 0 Å². The van der Waals surface area contributed by atoms with E-state index in [0.29, 0.717) is 0 Å². The van der Waals surface area contributed by atoms with Crippen LogP contribution in [0.4, 0.5) is 5.69 Å². The number of aryl methyl sites for hydroxylation is 2. The van der Waals surface area contributed by atoms with Gasteiger partial charge in [-0.25, -0.2) is 0 Å². The average Bonchev–Trinajstić information content (AvgIpc) is 2.62. The molecule has 0 spiro atoms. The van der Waals surface area contributed by atoms with E-state index in [9.17, 15) is 0 Å². The second kappa shape index (κ2) is 7.40. The van der Waals surface area contributed by atoms with E-state index < -0.39 is 0 Å². The zero-order valence-corrected chi connectivity index (χ0v) is 15.5. The van der Waals surface area contributed by atoms with Gasteiger partial charge >= 0.3 is 0 Å². The number of hydrogen-bond acceptors (Lipinski definition) is 1. The van der Waals surface area contributed by atoms with Crippen LogP contribution < -0.4 is 4.90 Å². The van der Waals surface area contributed by atoms with Crippen LogP contribution in [0.2, 0.25) is 0 Å². The van der Waals surface area contributed by atoms with Crippen molar-refractivity contribution in [3.63, 3.8) is 0 Å². The Labute approximate surface area is 151 Å². The predicted molar refractivity (Wildman–Crippen MR) is 110 cm³/mol. The number of benzene rings is 3. The molecule has 0 amide bonds. The second-order valence-corrected chi connectivity index (χ2v) is 6.78. The van der Waals surface area contributed by atoms with Crippen LogP contribution >= 0.6 is 0 Å². The third kappa shape index (κ3) is 4.19. The minimum atomic E-state index is 1.21. The van der Waals surface area contributed by atoms with E-state index in [-0.39, 0.29) is 0 Å². The average molecular weight is 327 g/mol. The zero-order chi connectivity index (χ0) is 17.8. The summed E-state index contributed by atoms with van der Waals surface area (Å²) in [7, 11) is 4.13. The lowest BCUT2D eigenvalue weighted by molar-refractivity contribution is 1.13. The van der Waals surface area contributed by atoms with Gasteiger partial charge in [0.2, 0.25) is 0 Å². The summed E-state index contributed by atoms with van der Waals surface area (Å²) in [5.41, 5.74) is 8.71. The number of nitrogens with zero attached hydrogens (tertiary/aromatic N) is 1. The summed E-state index contributed by atoms with van der Waals surface area (Å²) in [5, 5.41) is 0. The van der Waals surface area contributed by atoms with Crippen LogP contribution in [0.1, 0.15) is 27.8 Å². The highest BCUT2D eigenvalue weighted by atomic mass is 15.1. The van der Waals surface area contributed by atoms with Crippen LogP contribution in [0.25, 0.3) is 11.6 Å². The van der Waals surface area contributed by atoms with Crippen molar-refractivity contribution in [1.82, 2.24) is 0 Å². The lowest BCUT2D eigenvalue weighted by atomic mass is 9.94. The molecule has 0 aliphatic heterocycles. The van der Waals surface area contributed by atoms with Crippen LogP contribution in [0.15, 0.2) is 72.8 Å². The third-order valence-electron chi connectivity index (χ3n) is 4.45. The molecule has 0 aliphatic rings. The Bertz CT molecular complexity index is 804. The largest absolute Gasteiger partial charge is 0.378 e. The summed E-state index contributed by atoms with van der Waals surface area (Å²) in [6.07, 6.45) is 2.27. The first-order chi connectivity index (χ1) is 12.0. The van der Waals surface area contributed by atoms with Gasteiger partial charge in [-0.05, 0) is 54.3 Å². The monoisotopic (exact) mass is 327 g/mol. The van der Waals surface area contributed by atoms with Crippen molar-refractivity contribution in [3.05, 3.63) is 101 Å². The van der Waals surface area contributed by atoms with E-state index >= 15 is 0 Å². The summed E-state index contributed by atoms with van der Waals surface area (Å²) in [4.78, 5) is 2.12. The molecule has 3 rings (SSSR count). The Morgan fingerprint density at radius 1 is 0.640 bits per heavy atom. The van der Waals surface area contributed by atoms with Crippen molar-refractivity contribution in [2.24, 2.45) is 0 Å². The highest BCUT2D eigenvalue weighted by Gasteiger charge is 2.06. The SMILES string of the molecule is Cc1ccc(C(=Cc2ccc(N(C)C)cc2)c2ccc(C)cc2)cc1. The van der Waals surface area contributed by atoms with E-state index in [2.05, 4.69) is 112 Å². The minimum Gasteiger partial charge on any atom is -0.378 e. The minimum absolute atomic E-state index is 1.21. The molecular formula is C24H25N. The maximum atomic E-state index is 2.27. The lowest BCUT2D eigenvalue weighted by Gasteiger charge is -2.13. The first-order valence-corrected chi connectivity index (χ1v) is 8.66. The number of anilines is 1. The summed E-state index contributed by atoms with van der Waals surface area (Å²) in [6, 6.07) is 26.2. The van der Waals surface area contributed by atoms with E-state index in [1.165, 1.54) is 39.1 Å². The van der Waals surface area contributed by atoms with Gasteiger partial charge < -0.3 is 4.90 Å². The fraction of sp³-hybridized carbons (Fsp3) is 0.167. The van der Waals surface area contributed by atoms with Gasteiger partial charge in [0.15, 0.2) is 0 Å². The summed E-state index contributed by atoms with van der Waals surface area (Å²) < 4.78 is 0. The number of hydrogen-bond donors (Lipinski definition) is 0. The van der Waals surface area contributed by atoms with E-state index in [1.807, 2.05) is 0 Å². The van der Waals surface area contributed by atoms with Crippen molar-refractivity contribution < 1.29 is 0 Å². The van der Waals surface area contributed by atoms with Gasteiger partial charge in [0.25, 0.3) is 0 Å². The Hall–Kier alpha value is -2.80.